The molecule has 5 nitrogen and oxygen atoms in total. The summed E-state index contributed by atoms with van der Waals surface area (Å²) in [4.78, 5) is 12.9. The largest absolute Gasteiger partial charge is 0.618 e. The fourth-order valence-electron chi connectivity index (χ4n) is 2.65. The highest BCUT2D eigenvalue weighted by atomic mass is 35.5. The van der Waals surface area contributed by atoms with E-state index < -0.39 is 0 Å². The van der Waals surface area contributed by atoms with Crippen LogP contribution in [0.3, 0.4) is 0 Å². The topological polar surface area (TPSA) is 79.3 Å². The zero-order valence-corrected chi connectivity index (χ0v) is 14.2. The Bertz CT molecular complexity index is 957. The molecule has 1 heterocycles. The number of rotatable bonds is 4. The molecule has 3 aromatic rings. The smallest absolute Gasteiger partial charge is 0.249 e. The van der Waals surface area contributed by atoms with Crippen LogP contribution in [-0.4, -0.2) is 12.9 Å². The average Bonchev–Trinajstić information content (AvgIpc) is 2.63. The van der Waals surface area contributed by atoms with Gasteiger partial charge in [-0.15, -0.1) is 0 Å². The Morgan fingerprint density at radius 1 is 1.08 bits per heavy atom. The second-order valence-corrected chi connectivity index (χ2v) is 5.73. The van der Waals surface area contributed by atoms with Gasteiger partial charge in [-0.3, -0.25) is 4.79 Å². The van der Waals surface area contributed by atoms with E-state index in [4.69, 9.17) is 22.1 Å². The highest BCUT2D eigenvalue weighted by Crippen LogP contribution is 2.32. The van der Waals surface area contributed by atoms with E-state index in [0.29, 0.717) is 26.6 Å². The maximum atomic E-state index is 12.9. The number of aromatic nitrogens is 1. The molecule has 2 aromatic carbocycles. The van der Waals surface area contributed by atoms with Gasteiger partial charge in [0.05, 0.1) is 28.8 Å². The molecule has 126 valence electrons. The van der Waals surface area contributed by atoms with E-state index in [0.717, 1.165) is 0 Å². The number of nitrogen functional groups attached to an aromatic ring is 1. The molecule has 0 fully saturated rings. The van der Waals surface area contributed by atoms with Gasteiger partial charge in [0.2, 0.25) is 5.69 Å². The molecule has 0 aliphatic heterocycles. The van der Waals surface area contributed by atoms with E-state index in [9.17, 15) is 10.0 Å². The SMILES string of the molecule is COc1ccccc1C(=O)c1cc[n+]([O-])c(-c2ccccc2Cl)c1N. The van der Waals surface area contributed by atoms with Crippen molar-refractivity contribution in [3.05, 3.63) is 82.2 Å². The number of ether oxygens (including phenoxy) is 1. The second kappa shape index (κ2) is 6.83. The van der Waals surface area contributed by atoms with Gasteiger partial charge in [0.25, 0.3) is 0 Å². The predicted molar refractivity (Wildman–Crippen MR) is 96.7 cm³/mol. The first kappa shape index (κ1) is 16.8. The summed E-state index contributed by atoms with van der Waals surface area (Å²) >= 11 is 6.19. The van der Waals surface area contributed by atoms with Gasteiger partial charge in [0, 0.05) is 6.07 Å². The number of hydrogen-bond donors (Lipinski definition) is 1. The minimum atomic E-state index is -0.330. The lowest BCUT2D eigenvalue weighted by Crippen LogP contribution is -2.31. The van der Waals surface area contributed by atoms with E-state index >= 15 is 0 Å². The van der Waals surface area contributed by atoms with Crippen molar-refractivity contribution in [3.63, 3.8) is 0 Å². The number of hydrogen-bond acceptors (Lipinski definition) is 4. The summed E-state index contributed by atoms with van der Waals surface area (Å²) in [5.74, 6) is 0.105. The fourth-order valence-corrected chi connectivity index (χ4v) is 2.87. The zero-order valence-electron chi connectivity index (χ0n) is 13.4. The van der Waals surface area contributed by atoms with E-state index in [1.165, 1.54) is 19.4 Å². The number of anilines is 1. The highest BCUT2D eigenvalue weighted by molar-refractivity contribution is 6.33. The van der Waals surface area contributed by atoms with Crippen LogP contribution in [-0.2, 0) is 0 Å². The molecule has 0 unspecified atom stereocenters. The summed E-state index contributed by atoms with van der Waals surface area (Å²) in [6.07, 6.45) is 1.25. The lowest BCUT2D eigenvalue weighted by atomic mass is 9.99. The summed E-state index contributed by atoms with van der Waals surface area (Å²) in [5, 5.41) is 12.6. The Labute approximate surface area is 149 Å². The molecule has 25 heavy (non-hydrogen) atoms. The van der Waals surface area contributed by atoms with Crippen molar-refractivity contribution in [2.24, 2.45) is 0 Å². The number of ketones is 1. The average molecular weight is 355 g/mol. The van der Waals surface area contributed by atoms with E-state index in [2.05, 4.69) is 0 Å². The standard InChI is InChI=1S/C19H15ClN2O3/c1-25-16-9-5-3-7-13(16)19(23)14-10-11-22(24)18(17(14)21)12-6-2-4-8-15(12)20/h2-11H,21H2,1H3. The number of pyridine rings is 1. The van der Waals surface area contributed by atoms with Crippen LogP contribution in [0.25, 0.3) is 11.3 Å². The van der Waals surface area contributed by atoms with Gasteiger partial charge in [0.15, 0.2) is 12.0 Å². The summed E-state index contributed by atoms with van der Waals surface area (Å²) in [5.41, 5.74) is 7.43. The zero-order chi connectivity index (χ0) is 18.0. The summed E-state index contributed by atoms with van der Waals surface area (Å²) in [6, 6.07) is 15.1. The van der Waals surface area contributed by atoms with Crippen LogP contribution in [0.4, 0.5) is 5.69 Å². The first-order chi connectivity index (χ1) is 12.0. The molecule has 0 spiro atoms. The molecule has 0 saturated heterocycles. The predicted octanol–water partition coefficient (Wildman–Crippen LogP) is 3.46. The third-order valence-corrected chi connectivity index (χ3v) is 4.20. The van der Waals surface area contributed by atoms with Gasteiger partial charge in [-0.1, -0.05) is 35.9 Å². The van der Waals surface area contributed by atoms with Crippen LogP contribution in [0.2, 0.25) is 5.02 Å². The number of carbonyl (C=O) groups is 1. The summed E-state index contributed by atoms with van der Waals surface area (Å²) in [7, 11) is 1.49. The Hall–Kier alpha value is -3.05. The lowest BCUT2D eigenvalue weighted by molar-refractivity contribution is -0.593. The monoisotopic (exact) mass is 354 g/mol. The van der Waals surface area contributed by atoms with Crippen LogP contribution in [0.1, 0.15) is 15.9 Å². The minimum Gasteiger partial charge on any atom is -0.618 e. The molecule has 0 aliphatic rings. The molecule has 0 atom stereocenters. The van der Waals surface area contributed by atoms with Crippen molar-refractivity contribution >= 4 is 23.1 Å². The fraction of sp³-hybridized carbons (Fsp3) is 0.0526. The molecule has 2 N–H and O–H groups in total. The lowest BCUT2D eigenvalue weighted by Gasteiger charge is -2.13. The van der Waals surface area contributed by atoms with Gasteiger partial charge in [-0.25, -0.2) is 0 Å². The van der Waals surface area contributed by atoms with Crippen LogP contribution >= 0.6 is 11.6 Å². The molecule has 0 saturated carbocycles. The molecule has 0 amide bonds. The van der Waals surface area contributed by atoms with Crippen molar-refractivity contribution in [2.75, 3.05) is 12.8 Å². The number of nitrogens with zero attached hydrogens (tertiary/aromatic N) is 1. The molecule has 0 aliphatic carbocycles. The number of para-hydroxylation sites is 1. The van der Waals surface area contributed by atoms with Crippen molar-refractivity contribution in [1.82, 2.24) is 0 Å². The molecule has 0 radical (unpaired) electrons. The van der Waals surface area contributed by atoms with Crippen LogP contribution in [0.5, 0.6) is 5.75 Å². The Kier molecular flexibility index (Phi) is 4.59. The Morgan fingerprint density at radius 3 is 2.48 bits per heavy atom. The highest BCUT2D eigenvalue weighted by Gasteiger charge is 2.24. The molecule has 6 heteroatoms. The van der Waals surface area contributed by atoms with Crippen LogP contribution in [0, 0.1) is 5.21 Å². The maximum Gasteiger partial charge on any atom is 0.249 e. The normalized spacial score (nSPS) is 10.5. The minimum absolute atomic E-state index is 0.0708. The second-order valence-electron chi connectivity index (χ2n) is 5.33. The number of halogens is 1. The molecule has 0 bridgehead atoms. The Morgan fingerprint density at radius 2 is 1.76 bits per heavy atom. The maximum absolute atomic E-state index is 12.9. The number of methoxy groups -OCH3 is 1. The van der Waals surface area contributed by atoms with Gasteiger partial charge >= 0.3 is 0 Å². The van der Waals surface area contributed by atoms with Gasteiger partial charge in [-0.05, 0) is 24.3 Å². The van der Waals surface area contributed by atoms with Crippen LogP contribution < -0.4 is 15.2 Å². The van der Waals surface area contributed by atoms with Crippen molar-refractivity contribution in [1.29, 1.82) is 0 Å². The molecule has 1 aromatic heterocycles. The third-order valence-electron chi connectivity index (χ3n) is 3.87. The van der Waals surface area contributed by atoms with Crippen molar-refractivity contribution in [2.45, 2.75) is 0 Å². The van der Waals surface area contributed by atoms with E-state index in [-0.39, 0.29) is 22.7 Å². The first-order valence-electron chi connectivity index (χ1n) is 7.49. The first-order valence-corrected chi connectivity index (χ1v) is 7.86. The number of carbonyl (C=O) groups excluding carboxylic acids is 1. The van der Waals surface area contributed by atoms with E-state index in [1.54, 1.807) is 48.5 Å². The van der Waals surface area contributed by atoms with Crippen molar-refractivity contribution in [3.8, 4) is 17.0 Å². The van der Waals surface area contributed by atoms with Gasteiger partial charge in [-0.2, -0.15) is 4.73 Å². The quantitative estimate of drug-likeness (QED) is 0.442. The Balaban J connectivity index is 2.18. The third kappa shape index (κ3) is 3.02. The number of nitrogens with two attached hydrogens (primary N) is 1. The molecular formula is C19H15ClN2O3. The van der Waals surface area contributed by atoms with E-state index in [1.807, 2.05) is 0 Å². The van der Waals surface area contributed by atoms with Crippen molar-refractivity contribution < 1.29 is 14.3 Å². The van der Waals surface area contributed by atoms with Gasteiger partial charge < -0.3 is 15.7 Å². The molecule has 3 rings (SSSR count). The summed E-state index contributed by atoms with van der Waals surface area (Å²) < 4.78 is 5.84. The molecular weight excluding hydrogens is 340 g/mol. The number of benzene rings is 2. The summed E-state index contributed by atoms with van der Waals surface area (Å²) in [6.45, 7) is 0. The van der Waals surface area contributed by atoms with Crippen LogP contribution in [0.15, 0.2) is 60.8 Å². The van der Waals surface area contributed by atoms with Gasteiger partial charge in [0.1, 0.15) is 11.4 Å².